The Hall–Kier alpha value is -2.70. The maximum atomic E-state index is 13.4. The first-order valence-electron chi connectivity index (χ1n) is 9.74. The molecular weight excluding hydrogens is 361 g/mol. The molecule has 0 aromatic heterocycles. The zero-order chi connectivity index (χ0) is 20.1. The number of benzene rings is 1. The molecular formula is C21H26FN3O3. The second-order valence-corrected chi connectivity index (χ2v) is 7.31. The Labute approximate surface area is 164 Å². The monoisotopic (exact) mass is 387 g/mol. The number of hydrogen-bond acceptors (Lipinski definition) is 3. The van der Waals surface area contributed by atoms with E-state index in [0.29, 0.717) is 51.3 Å². The van der Waals surface area contributed by atoms with Gasteiger partial charge in [0.2, 0.25) is 11.8 Å². The van der Waals surface area contributed by atoms with Gasteiger partial charge in [0.25, 0.3) is 5.91 Å². The van der Waals surface area contributed by atoms with Crippen LogP contribution in [0.25, 0.3) is 0 Å². The fourth-order valence-corrected chi connectivity index (χ4v) is 3.91. The van der Waals surface area contributed by atoms with E-state index in [9.17, 15) is 18.8 Å². The summed E-state index contributed by atoms with van der Waals surface area (Å²) in [7, 11) is 0. The molecule has 1 aromatic rings. The van der Waals surface area contributed by atoms with Crippen molar-refractivity contribution in [2.45, 2.75) is 19.3 Å². The third-order valence-electron chi connectivity index (χ3n) is 5.42. The molecule has 2 aliphatic rings. The minimum absolute atomic E-state index is 0.0432. The summed E-state index contributed by atoms with van der Waals surface area (Å²) in [6, 6.07) is 5.68. The predicted molar refractivity (Wildman–Crippen MR) is 103 cm³/mol. The van der Waals surface area contributed by atoms with Crippen molar-refractivity contribution in [3.63, 3.8) is 0 Å². The SMILES string of the molecule is C=CC(=O)N1CCCC(C(=O)N2CCCN(C(=O)c3cccc(F)c3)CC2)C1. The lowest BCUT2D eigenvalue weighted by Gasteiger charge is -2.34. The molecule has 7 heteroatoms. The van der Waals surface area contributed by atoms with E-state index in [2.05, 4.69) is 6.58 Å². The van der Waals surface area contributed by atoms with E-state index in [-0.39, 0.29) is 23.6 Å². The zero-order valence-corrected chi connectivity index (χ0v) is 16.0. The van der Waals surface area contributed by atoms with Gasteiger partial charge in [-0.25, -0.2) is 4.39 Å². The van der Waals surface area contributed by atoms with Crippen molar-refractivity contribution >= 4 is 17.7 Å². The Bertz CT molecular complexity index is 767. The van der Waals surface area contributed by atoms with Crippen molar-refractivity contribution < 1.29 is 18.8 Å². The highest BCUT2D eigenvalue weighted by atomic mass is 19.1. The lowest BCUT2D eigenvalue weighted by Crippen LogP contribution is -2.47. The highest BCUT2D eigenvalue weighted by molar-refractivity contribution is 5.94. The summed E-state index contributed by atoms with van der Waals surface area (Å²) in [6.45, 7) is 6.58. The van der Waals surface area contributed by atoms with Gasteiger partial charge < -0.3 is 14.7 Å². The summed E-state index contributed by atoms with van der Waals surface area (Å²) in [5, 5.41) is 0. The Kier molecular flexibility index (Phi) is 6.44. The number of nitrogens with zero attached hydrogens (tertiary/aromatic N) is 3. The molecule has 1 aromatic carbocycles. The first-order chi connectivity index (χ1) is 13.5. The fraction of sp³-hybridized carbons (Fsp3) is 0.476. The van der Waals surface area contributed by atoms with E-state index in [0.717, 1.165) is 12.8 Å². The summed E-state index contributed by atoms with van der Waals surface area (Å²) in [5.41, 5.74) is 0.325. The molecule has 0 bridgehead atoms. The molecule has 0 spiro atoms. The van der Waals surface area contributed by atoms with Gasteiger partial charge in [0.15, 0.2) is 0 Å². The first kappa shape index (κ1) is 20.0. The number of amides is 3. The van der Waals surface area contributed by atoms with Crippen LogP contribution in [-0.4, -0.2) is 71.7 Å². The molecule has 0 N–H and O–H groups in total. The van der Waals surface area contributed by atoms with Crippen LogP contribution in [0.2, 0.25) is 0 Å². The van der Waals surface area contributed by atoms with E-state index < -0.39 is 5.82 Å². The highest BCUT2D eigenvalue weighted by Crippen LogP contribution is 2.20. The van der Waals surface area contributed by atoms with E-state index in [1.54, 1.807) is 20.8 Å². The summed E-state index contributed by atoms with van der Waals surface area (Å²) < 4.78 is 13.4. The molecule has 150 valence electrons. The summed E-state index contributed by atoms with van der Waals surface area (Å²) >= 11 is 0. The van der Waals surface area contributed by atoms with Gasteiger partial charge in [-0.1, -0.05) is 12.6 Å². The number of carbonyl (C=O) groups excluding carboxylic acids is 3. The highest BCUT2D eigenvalue weighted by Gasteiger charge is 2.32. The Balaban J connectivity index is 1.60. The minimum Gasteiger partial charge on any atom is -0.341 e. The van der Waals surface area contributed by atoms with Crippen molar-refractivity contribution in [3.05, 3.63) is 48.3 Å². The molecule has 28 heavy (non-hydrogen) atoms. The minimum atomic E-state index is -0.437. The van der Waals surface area contributed by atoms with Crippen molar-refractivity contribution in [1.29, 1.82) is 0 Å². The van der Waals surface area contributed by atoms with Gasteiger partial charge >= 0.3 is 0 Å². The lowest BCUT2D eigenvalue weighted by atomic mass is 9.96. The van der Waals surface area contributed by atoms with Gasteiger partial charge in [0.05, 0.1) is 5.92 Å². The van der Waals surface area contributed by atoms with Crippen LogP contribution in [0.15, 0.2) is 36.9 Å². The molecule has 6 nitrogen and oxygen atoms in total. The topological polar surface area (TPSA) is 60.9 Å². The summed E-state index contributed by atoms with van der Waals surface area (Å²) in [4.78, 5) is 42.6. The number of halogens is 1. The smallest absolute Gasteiger partial charge is 0.254 e. The lowest BCUT2D eigenvalue weighted by molar-refractivity contribution is -0.139. The van der Waals surface area contributed by atoms with Crippen LogP contribution < -0.4 is 0 Å². The number of hydrogen-bond donors (Lipinski definition) is 0. The van der Waals surface area contributed by atoms with Gasteiger partial charge in [-0.2, -0.15) is 0 Å². The van der Waals surface area contributed by atoms with Crippen molar-refractivity contribution in [3.8, 4) is 0 Å². The number of likely N-dealkylation sites (tertiary alicyclic amines) is 1. The standard InChI is InChI=1S/C21H26FN3O3/c1-2-19(26)25-9-4-7-17(15-25)21(28)24-11-5-10-23(12-13-24)20(27)16-6-3-8-18(22)14-16/h2-3,6,8,14,17H,1,4-5,7,9-13,15H2. The van der Waals surface area contributed by atoms with Crippen LogP contribution >= 0.6 is 0 Å². The average Bonchev–Trinajstić information content (AvgIpc) is 2.98. The maximum absolute atomic E-state index is 13.4. The maximum Gasteiger partial charge on any atom is 0.254 e. The summed E-state index contributed by atoms with van der Waals surface area (Å²) in [5.74, 6) is -0.951. The van der Waals surface area contributed by atoms with Crippen LogP contribution in [-0.2, 0) is 9.59 Å². The van der Waals surface area contributed by atoms with Crippen molar-refractivity contribution in [1.82, 2.24) is 14.7 Å². The largest absolute Gasteiger partial charge is 0.341 e. The third kappa shape index (κ3) is 4.58. The molecule has 0 aliphatic carbocycles. The second kappa shape index (κ2) is 8.99. The second-order valence-electron chi connectivity index (χ2n) is 7.31. The average molecular weight is 387 g/mol. The van der Waals surface area contributed by atoms with E-state index in [1.165, 1.54) is 24.3 Å². The molecule has 1 atom stereocenters. The van der Waals surface area contributed by atoms with Gasteiger partial charge in [-0.3, -0.25) is 14.4 Å². The number of carbonyl (C=O) groups is 3. The quantitative estimate of drug-likeness (QED) is 0.745. The zero-order valence-electron chi connectivity index (χ0n) is 16.0. The number of piperidine rings is 1. The molecule has 1 unspecified atom stereocenters. The van der Waals surface area contributed by atoms with Gasteiger partial charge in [-0.15, -0.1) is 0 Å². The Morgan fingerprint density at radius 1 is 1.00 bits per heavy atom. The third-order valence-corrected chi connectivity index (χ3v) is 5.42. The van der Waals surface area contributed by atoms with E-state index >= 15 is 0 Å². The molecule has 3 amide bonds. The molecule has 0 radical (unpaired) electrons. The van der Waals surface area contributed by atoms with Gasteiger partial charge in [0.1, 0.15) is 5.82 Å². The normalized spacial score (nSPS) is 20.5. The molecule has 2 fully saturated rings. The molecule has 2 saturated heterocycles. The molecule has 2 heterocycles. The molecule has 0 saturated carbocycles. The van der Waals surface area contributed by atoms with Crippen LogP contribution in [0.3, 0.4) is 0 Å². The van der Waals surface area contributed by atoms with Gasteiger partial charge in [0, 0.05) is 44.8 Å². The van der Waals surface area contributed by atoms with Crippen molar-refractivity contribution in [2.75, 3.05) is 39.3 Å². The van der Waals surface area contributed by atoms with Crippen LogP contribution in [0.4, 0.5) is 4.39 Å². The summed E-state index contributed by atoms with van der Waals surface area (Å²) in [6.07, 6.45) is 3.53. The van der Waals surface area contributed by atoms with Crippen molar-refractivity contribution in [2.24, 2.45) is 5.92 Å². The Morgan fingerprint density at radius 2 is 1.71 bits per heavy atom. The van der Waals surface area contributed by atoms with Crippen LogP contribution in [0, 0.1) is 11.7 Å². The van der Waals surface area contributed by atoms with Crippen LogP contribution in [0.1, 0.15) is 29.6 Å². The van der Waals surface area contributed by atoms with Crippen LogP contribution in [0.5, 0.6) is 0 Å². The van der Waals surface area contributed by atoms with Gasteiger partial charge in [-0.05, 0) is 43.5 Å². The fourth-order valence-electron chi connectivity index (χ4n) is 3.91. The predicted octanol–water partition coefficient (Wildman–Crippen LogP) is 1.92. The Morgan fingerprint density at radius 3 is 2.46 bits per heavy atom. The first-order valence-corrected chi connectivity index (χ1v) is 9.74. The molecule has 3 rings (SSSR count). The van der Waals surface area contributed by atoms with E-state index in [4.69, 9.17) is 0 Å². The molecule has 2 aliphatic heterocycles. The number of rotatable bonds is 3. The van der Waals surface area contributed by atoms with E-state index in [1.807, 2.05) is 0 Å².